The molecule has 1 heterocycles. The molecule has 1 fully saturated rings. The molecule has 0 spiro atoms. The number of benzene rings is 2. The van der Waals surface area contributed by atoms with Gasteiger partial charge in [-0.25, -0.2) is 4.79 Å². The first-order valence-electron chi connectivity index (χ1n) is 10.1. The summed E-state index contributed by atoms with van der Waals surface area (Å²) in [5, 5.41) is 2.90. The van der Waals surface area contributed by atoms with Gasteiger partial charge in [0.1, 0.15) is 11.5 Å². The molecule has 1 amide bonds. The van der Waals surface area contributed by atoms with Crippen molar-refractivity contribution in [2.75, 3.05) is 39.2 Å². The normalized spacial score (nSPS) is 16.2. The van der Waals surface area contributed by atoms with E-state index < -0.39 is 0 Å². The van der Waals surface area contributed by atoms with E-state index in [9.17, 15) is 9.59 Å². The van der Waals surface area contributed by atoms with Crippen LogP contribution in [0, 0.1) is 0 Å². The third-order valence-corrected chi connectivity index (χ3v) is 5.19. The largest absolute Gasteiger partial charge is 0.497 e. The summed E-state index contributed by atoms with van der Waals surface area (Å²) in [5.74, 6) is 1.08. The average molecular weight is 412 g/mol. The molecular weight excluding hydrogens is 384 g/mol. The number of hydrogen-bond acceptors (Lipinski definition) is 6. The van der Waals surface area contributed by atoms with Crippen molar-refractivity contribution in [2.24, 2.45) is 0 Å². The van der Waals surface area contributed by atoms with Gasteiger partial charge in [0.2, 0.25) is 5.91 Å². The molecule has 3 rings (SSSR count). The van der Waals surface area contributed by atoms with Gasteiger partial charge >= 0.3 is 5.97 Å². The van der Waals surface area contributed by atoms with Crippen molar-refractivity contribution in [1.82, 2.24) is 4.90 Å². The third-order valence-electron chi connectivity index (χ3n) is 5.19. The lowest BCUT2D eigenvalue weighted by atomic mass is 10.0. The molecule has 1 atom stereocenters. The van der Waals surface area contributed by atoms with Crippen molar-refractivity contribution < 1.29 is 23.8 Å². The van der Waals surface area contributed by atoms with E-state index in [0.29, 0.717) is 17.9 Å². The van der Waals surface area contributed by atoms with E-state index in [1.807, 2.05) is 18.2 Å². The molecule has 0 aromatic heterocycles. The van der Waals surface area contributed by atoms with Gasteiger partial charge in [0.15, 0.2) is 0 Å². The van der Waals surface area contributed by atoms with E-state index >= 15 is 0 Å². The zero-order valence-corrected chi connectivity index (χ0v) is 17.6. The van der Waals surface area contributed by atoms with E-state index in [1.54, 1.807) is 45.4 Å². The van der Waals surface area contributed by atoms with Gasteiger partial charge in [-0.15, -0.1) is 0 Å². The fraction of sp³-hybridized carbons (Fsp3) is 0.391. The van der Waals surface area contributed by atoms with Crippen LogP contribution in [0.15, 0.2) is 42.5 Å². The quantitative estimate of drug-likeness (QED) is 0.667. The number of ether oxygens (including phenoxy) is 3. The number of carbonyl (C=O) groups is 2. The van der Waals surface area contributed by atoms with Gasteiger partial charge < -0.3 is 19.5 Å². The topological polar surface area (TPSA) is 77.1 Å². The number of methoxy groups -OCH3 is 2. The van der Waals surface area contributed by atoms with Crippen LogP contribution in [0.5, 0.6) is 11.5 Å². The second-order valence-corrected chi connectivity index (χ2v) is 7.08. The van der Waals surface area contributed by atoms with E-state index in [1.165, 1.54) is 0 Å². The summed E-state index contributed by atoms with van der Waals surface area (Å²) in [6.45, 7) is 3.19. The SMILES string of the molecule is CCOC(=O)c1ccc(NC(=O)CN2CCC[C@@H]2c2cc(OC)ccc2OC)cc1. The lowest BCUT2D eigenvalue weighted by Crippen LogP contribution is -2.33. The van der Waals surface area contributed by atoms with E-state index in [2.05, 4.69) is 10.2 Å². The van der Waals surface area contributed by atoms with E-state index in [4.69, 9.17) is 14.2 Å². The van der Waals surface area contributed by atoms with Crippen molar-refractivity contribution in [3.63, 3.8) is 0 Å². The van der Waals surface area contributed by atoms with Crippen LogP contribution in [0.25, 0.3) is 0 Å². The van der Waals surface area contributed by atoms with Crippen LogP contribution < -0.4 is 14.8 Å². The maximum atomic E-state index is 12.6. The molecule has 1 aliphatic heterocycles. The zero-order chi connectivity index (χ0) is 21.5. The number of amides is 1. The highest BCUT2D eigenvalue weighted by molar-refractivity contribution is 5.94. The number of nitrogens with zero attached hydrogens (tertiary/aromatic N) is 1. The highest BCUT2D eigenvalue weighted by Crippen LogP contribution is 2.38. The molecule has 2 aromatic rings. The molecule has 30 heavy (non-hydrogen) atoms. The van der Waals surface area contributed by atoms with Gasteiger partial charge in [-0.1, -0.05) is 0 Å². The van der Waals surface area contributed by atoms with Crippen molar-refractivity contribution in [1.29, 1.82) is 0 Å². The number of nitrogens with one attached hydrogen (secondary N) is 1. The highest BCUT2D eigenvalue weighted by atomic mass is 16.5. The standard InChI is InChI=1S/C23H28N2O5/c1-4-30-23(27)16-7-9-17(10-8-16)24-22(26)15-25-13-5-6-20(25)19-14-18(28-2)11-12-21(19)29-3/h7-12,14,20H,4-6,13,15H2,1-3H3,(H,24,26)/t20-/m1/s1. The Morgan fingerprint density at radius 2 is 1.87 bits per heavy atom. The maximum absolute atomic E-state index is 12.6. The minimum absolute atomic E-state index is 0.0898. The van der Waals surface area contributed by atoms with Crippen LogP contribution in [-0.2, 0) is 9.53 Å². The summed E-state index contributed by atoms with van der Waals surface area (Å²) in [4.78, 5) is 26.5. The molecule has 0 bridgehead atoms. The van der Waals surface area contributed by atoms with Gasteiger partial charge in [0, 0.05) is 17.3 Å². The Morgan fingerprint density at radius 3 is 2.53 bits per heavy atom. The first kappa shape index (κ1) is 21.6. The lowest BCUT2D eigenvalue weighted by molar-refractivity contribution is -0.117. The third kappa shape index (κ3) is 5.10. The molecule has 2 aromatic carbocycles. The monoisotopic (exact) mass is 412 g/mol. The minimum Gasteiger partial charge on any atom is -0.497 e. The summed E-state index contributed by atoms with van der Waals surface area (Å²) in [6, 6.07) is 12.5. The van der Waals surface area contributed by atoms with Crippen LogP contribution in [0.1, 0.15) is 41.7 Å². The maximum Gasteiger partial charge on any atom is 0.338 e. The van der Waals surface area contributed by atoms with Crippen molar-refractivity contribution >= 4 is 17.6 Å². The van der Waals surface area contributed by atoms with Crippen LogP contribution >= 0.6 is 0 Å². The predicted octanol–water partition coefficient (Wildman–Crippen LogP) is 3.66. The first-order valence-corrected chi connectivity index (χ1v) is 10.1. The van der Waals surface area contributed by atoms with Gasteiger partial charge in [-0.2, -0.15) is 0 Å². The second kappa shape index (κ2) is 10.1. The van der Waals surface area contributed by atoms with E-state index in [-0.39, 0.29) is 24.5 Å². The van der Waals surface area contributed by atoms with Gasteiger partial charge in [0.25, 0.3) is 0 Å². The number of rotatable bonds is 8. The first-order chi connectivity index (χ1) is 14.5. The Bertz CT molecular complexity index is 882. The Kier molecular flexibility index (Phi) is 7.30. The number of carbonyl (C=O) groups excluding carboxylic acids is 2. The number of likely N-dealkylation sites (tertiary alicyclic amines) is 1. The van der Waals surface area contributed by atoms with Gasteiger partial charge in [-0.05, 0) is 68.8 Å². The predicted molar refractivity (Wildman–Crippen MR) is 114 cm³/mol. The summed E-state index contributed by atoms with van der Waals surface area (Å²) < 4.78 is 15.9. The molecular formula is C23H28N2O5. The Labute approximate surface area is 176 Å². The fourth-order valence-electron chi connectivity index (χ4n) is 3.76. The van der Waals surface area contributed by atoms with Crippen molar-refractivity contribution in [2.45, 2.75) is 25.8 Å². The van der Waals surface area contributed by atoms with Crippen molar-refractivity contribution in [3.8, 4) is 11.5 Å². The molecule has 160 valence electrons. The molecule has 0 unspecified atom stereocenters. The van der Waals surface area contributed by atoms with E-state index in [0.717, 1.165) is 36.4 Å². The summed E-state index contributed by atoms with van der Waals surface area (Å²) >= 11 is 0. The summed E-state index contributed by atoms with van der Waals surface area (Å²) in [6.07, 6.45) is 1.96. The smallest absolute Gasteiger partial charge is 0.338 e. The number of hydrogen-bond donors (Lipinski definition) is 1. The molecule has 0 saturated carbocycles. The van der Waals surface area contributed by atoms with Crippen LogP contribution in [0.2, 0.25) is 0 Å². The van der Waals surface area contributed by atoms with Gasteiger partial charge in [-0.3, -0.25) is 9.69 Å². The Balaban J connectivity index is 1.66. The minimum atomic E-state index is -0.373. The molecule has 0 aliphatic carbocycles. The molecule has 1 N–H and O–H groups in total. The molecule has 1 saturated heterocycles. The number of esters is 1. The Hall–Kier alpha value is -3.06. The molecule has 7 nitrogen and oxygen atoms in total. The highest BCUT2D eigenvalue weighted by Gasteiger charge is 2.30. The second-order valence-electron chi connectivity index (χ2n) is 7.08. The lowest BCUT2D eigenvalue weighted by Gasteiger charge is -2.26. The summed E-state index contributed by atoms with van der Waals surface area (Å²) in [5.41, 5.74) is 2.13. The average Bonchev–Trinajstić information content (AvgIpc) is 3.21. The molecule has 7 heteroatoms. The fourth-order valence-corrected chi connectivity index (χ4v) is 3.76. The summed E-state index contributed by atoms with van der Waals surface area (Å²) in [7, 11) is 3.29. The Morgan fingerprint density at radius 1 is 1.10 bits per heavy atom. The van der Waals surface area contributed by atoms with Crippen LogP contribution in [-0.4, -0.2) is 50.7 Å². The zero-order valence-electron chi connectivity index (χ0n) is 17.6. The molecule has 0 radical (unpaired) electrons. The van der Waals surface area contributed by atoms with Crippen LogP contribution in [0.4, 0.5) is 5.69 Å². The van der Waals surface area contributed by atoms with Crippen molar-refractivity contribution in [3.05, 3.63) is 53.6 Å². The number of anilines is 1. The molecule has 1 aliphatic rings. The van der Waals surface area contributed by atoms with Crippen LogP contribution in [0.3, 0.4) is 0 Å². The van der Waals surface area contributed by atoms with Gasteiger partial charge in [0.05, 0.1) is 32.9 Å².